The molecule has 0 aliphatic rings. The second kappa shape index (κ2) is 12.8. The number of carbonyl (C=O) groups excluding carboxylic acids is 2. The number of hydrogen-bond donors (Lipinski definition) is 3. The first kappa shape index (κ1) is 29.3. The van der Waals surface area contributed by atoms with E-state index < -0.39 is 5.60 Å². The van der Waals surface area contributed by atoms with Gasteiger partial charge in [0.2, 0.25) is 5.95 Å². The Kier molecular flexibility index (Phi) is 8.71. The number of hydrogen-bond acceptors (Lipinski definition) is 5. The number of amides is 2. The highest BCUT2D eigenvalue weighted by Crippen LogP contribution is 2.27. The molecule has 2 aromatic heterocycles. The van der Waals surface area contributed by atoms with Gasteiger partial charge in [-0.05, 0) is 61.6 Å². The van der Waals surface area contributed by atoms with Crippen LogP contribution in [0.2, 0.25) is 0 Å². The van der Waals surface area contributed by atoms with Gasteiger partial charge in [-0.15, -0.1) is 0 Å². The van der Waals surface area contributed by atoms with E-state index in [4.69, 9.17) is 4.74 Å². The van der Waals surface area contributed by atoms with Gasteiger partial charge in [-0.2, -0.15) is 0 Å². The minimum atomic E-state index is -0.552. The van der Waals surface area contributed by atoms with Crippen LogP contribution >= 0.6 is 0 Å². The van der Waals surface area contributed by atoms with Gasteiger partial charge in [0.1, 0.15) is 11.4 Å². The summed E-state index contributed by atoms with van der Waals surface area (Å²) in [6.07, 6.45) is 3.98. The van der Waals surface area contributed by atoms with Crippen LogP contribution in [0.4, 0.5) is 10.7 Å². The van der Waals surface area contributed by atoms with Crippen molar-refractivity contribution in [2.24, 2.45) is 0 Å². The van der Waals surface area contributed by atoms with Crippen molar-refractivity contribution in [1.82, 2.24) is 24.8 Å². The normalized spacial score (nSPS) is 11.3. The number of carbonyl (C=O) groups is 2. The Morgan fingerprint density at radius 2 is 1.35 bits per heavy atom. The minimum Gasteiger partial charge on any atom is -0.444 e. The topological polar surface area (TPSA) is 116 Å². The van der Waals surface area contributed by atoms with Gasteiger partial charge in [-0.1, -0.05) is 73.7 Å². The Morgan fingerprint density at radius 3 is 1.93 bits per heavy atom. The monoisotopic (exact) mass is 576 g/mol. The predicted octanol–water partition coefficient (Wildman–Crippen LogP) is 7.53. The molecule has 43 heavy (non-hydrogen) atoms. The van der Waals surface area contributed by atoms with Gasteiger partial charge in [0.05, 0.1) is 30.3 Å². The maximum absolute atomic E-state index is 12.6. The first-order valence-corrected chi connectivity index (χ1v) is 14.3. The lowest BCUT2D eigenvalue weighted by Gasteiger charge is -2.26. The zero-order valence-electron chi connectivity index (χ0n) is 24.8. The maximum Gasteiger partial charge on any atom is 0.410 e. The molecule has 2 amide bonds. The van der Waals surface area contributed by atoms with E-state index in [1.165, 1.54) is 0 Å². The molecule has 2 heterocycles. The van der Waals surface area contributed by atoms with Crippen molar-refractivity contribution in [2.75, 3.05) is 11.9 Å². The number of aromatic amines is 2. The van der Waals surface area contributed by atoms with E-state index in [9.17, 15) is 9.59 Å². The lowest BCUT2D eigenvalue weighted by Crippen LogP contribution is -2.37. The second-order valence-electron chi connectivity index (χ2n) is 11.3. The smallest absolute Gasteiger partial charge is 0.410 e. The van der Waals surface area contributed by atoms with Crippen molar-refractivity contribution in [3.8, 4) is 33.6 Å². The average molecular weight is 577 g/mol. The molecule has 9 nitrogen and oxygen atoms in total. The number of imidazole rings is 2. The Bertz CT molecular complexity index is 1670. The molecule has 5 aromatic rings. The third kappa shape index (κ3) is 7.56. The molecule has 0 radical (unpaired) electrons. The third-order valence-electron chi connectivity index (χ3n) is 6.68. The maximum atomic E-state index is 12.6. The second-order valence-corrected chi connectivity index (χ2v) is 11.3. The highest BCUT2D eigenvalue weighted by atomic mass is 16.6. The molecule has 0 atom stereocenters. The molecule has 0 aliphatic heterocycles. The summed E-state index contributed by atoms with van der Waals surface area (Å²) in [6, 6.07) is 25.4. The largest absolute Gasteiger partial charge is 0.444 e. The average Bonchev–Trinajstić information content (AvgIpc) is 3.67. The van der Waals surface area contributed by atoms with E-state index in [2.05, 4.69) is 61.7 Å². The number of nitrogens with zero attached hydrogens (tertiary/aromatic N) is 3. The summed E-state index contributed by atoms with van der Waals surface area (Å²) in [7, 11) is 0. The molecule has 0 bridgehead atoms. The Hall–Kier alpha value is -5.18. The quantitative estimate of drug-likeness (QED) is 0.168. The standard InChI is InChI=1S/C34H36N6O3/c1-5-19-40(33(42)43-34(2,3)4)22-30-35-20-28(37-30)25-15-11-23(12-16-25)24-13-17-26(18-14-24)29-21-36-32(38-29)39-31(41)27-9-7-6-8-10-27/h6-18,20-21H,5,19,22H2,1-4H3,(H,35,37)(H2,36,38,39,41). The Morgan fingerprint density at radius 1 is 0.791 bits per heavy atom. The van der Waals surface area contributed by atoms with Crippen molar-refractivity contribution in [3.05, 3.63) is 103 Å². The van der Waals surface area contributed by atoms with Crippen molar-refractivity contribution in [3.63, 3.8) is 0 Å². The van der Waals surface area contributed by atoms with Crippen LogP contribution in [0.3, 0.4) is 0 Å². The summed E-state index contributed by atoms with van der Waals surface area (Å²) in [5.41, 5.74) is 5.82. The van der Waals surface area contributed by atoms with Crippen LogP contribution in [0.25, 0.3) is 33.6 Å². The number of benzene rings is 3. The number of anilines is 1. The number of nitrogens with one attached hydrogen (secondary N) is 3. The van der Waals surface area contributed by atoms with Crippen molar-refractivity contribution >= 4 is 17.9 Å². The molecule has 5 rings (SSSR count). The Balaban J connectivity index is 1.22. The molecule has 0 saturated carbocycles. The van der Waals surface area contributed by atoms with Crippen LogP contribution in [0, 0.1) is 0 Å². The van der Waals surface area contributed by atoms with Crippen molar-refractivity contribution < 1.29 is 14.3 Å². The molecule has 3 aromatic carbocycles. The molecule has 0 fully saturated rings. The van der Waals surface area contributed by atoms with Crippen LogP contribution in [0.1, 0.15) is 50.3 Å². The number of H-pyrrole nitrogens is 2. The minimum absolute atomic E-state index is 0.217. The van der Waals surface area contributed by atoms with E-state index in [1.54, 1.807) is 29.4 Å². The molecular formula is C34H36N6O3. The highest BCUT2D eigenvalue weighted by Gasteiger charge is 2.22. The molecule has 0 unspecified atom stereocenters. The lowest BCUT2D eigenvalue weighted by atomic mass is 10.0. The zero-order valence-corrected chi connectivity index (χ0v) is 24.8. The first-order chi connectivity index (χ1) is 20.7. The fraction of sp³-hybridized carbons (Fsp3) is 0.235. The number of aromatic nitrogens is 4. The third-order valence-corrected chi connectivity index (χ3v) is 6.68. The van der Waals surface area contributed by atoms with Crippen LogP contribution in [0.15, 0.2) is 91.3 Å². The van der Waals surface area contributed by atoms with Crippen molar-refractivity contribution in [1.29, 1.82) is 0 Å². The van der Waals surface area contributed by atoms with Crippen LogP contribution in [-0.4, -0.2) is 49.0 Å². The van der Waals surface area contributed by atoms with Crippen LogP contribution in [-0.2, 0) is 11.3 Å². The molecular weight excluding hydrogens is 540 g/mol. The fourth-order valence-corrected chi connectivity index (χ4v) is 4.59. The van der Waals surface area contributed by atoms with Gasteiger partial charge >= 0.3 is 6.09 Å². The van der Waals surface area contributed by atoms with Gasteiger partial charge in [-0.25, -0.2) is 14.8 Å². The van der Waals surface area contributed by atoms with Gasteiger partial charge < -0.3 is 19.6 Å². The van der Waals surface area contributed by atoms with Crippen LogP contribution in [0.5, 0.6) is 0 Å². The predicted molar refractivity (Wildman–Crippen MR) is 168 cm³/mol. The zero-order chi connectivity index (χ0) is 30.4. The molecule has 0 aliphatic carbocycles. The summed E-state index contributed by atoms with van der Waals surface area (Å²) in [5, 5.41) is 2.80. The molecule has 3 N–H and O–H groups in total. The molecule has 0 spiro atoms. The first-order valence-electron chi connectivity index (χ1n) is 14.3. The number of rotatable bonds is 9. The molecule has 0 saturated heterocycles. The number of ether oxygens (including phenoxy) is 1. The highest BCUT2D eigenvalue weighted by molar-refractivity contribution is 6.03. The van der Waals surface area contributed by atoms with Crippen molar-refractivity contribution in [2.45, 2.75) is 46.3 Å². The SMILES string of the molecule is CCCN(Cc1ncc(-c2ccc(-c3ccc(-c4cnc(NC(=O)c5ccccc5)[nH]4)cc3)cc2)[nH]1)C(=O)OC(C)(C)C. The van der Waals surface area contributed by atoms with E-state index in [-0.39, 0.29) is 12.0 Å². The van der Waals surface area contributed by atoms with Gasteiger partial charge in [0, 0.05) is 12.1 Å². The van der Waals surface area contributed by atoms with Crippen LogP contribution < -0.4 is 5.32 Å². The lowest BCUT2D eigenvalue weighted by molar-refractivity contribution is 0.0229. The summed E-state index contributed by atoms with van der Waals surface area (Å²) in [4.78, 5) is 42.1. The van der Waals surface area contributed by atoms with E-state index >= 15 is 0 Å². The fourth-order valence-electron chi connectivity index (χ4n) is 4.59. The molecule has 9 heteroatoms. The van der Waals surface area contributed by atoms with E-state index in [0.717, 1.165) is 40.1 Å². The van der Waals surface area contributed by atoms with Gasteiger partial charge in [0.25, 0.3) is 5.91 Å². The summed E-state index contributed by atoms with van der Waals surface area (Å²) in [5.74, 6) is 0.884. The summed E-state index contributed by atoms with van der Waals surface area (Å²) in [6.45, 7) is 8.56. The van der Waals surface area contributed by atoms with Gasteiger partial charge in [0.15, 0.2) is 0 Å². The summed E-state index contributed by atoms with van der Waals surface area (Å²) < 4.78 is 5.56. The van der Waals surface area contributed by atoms with E-state index in [0.29, 0.717) is 30.4 Å². The molecule has 220 valence electrons. The summed E-state index contributed by atoms with van der Waals surface area (Å²) >= 11 is 0. The van der Waals surface area contributed by atoms with E-state index in [1.807, 2.05) is 58.0 Å². The van der Waals surface area contributed by atoms with Gasteiger partial charge in [-0.3, -0.25) is 10.1 Å². The Labute approximate surface area is 251 Å².